The van der Waals surface area contributed by atoms with E-state index in [0.717, 1.165) is 25.2 Å². The highest BCUT2D eigenvalue weighted by Gasteiger charge is 2.36. The molecule has 2 aliphatic heterocycles. The molecule has 2 aliphatic rings. The van der Waals surface area contributed by atoms with Crippen molar-refractivity contribution in [3.8, 4) is 17.2 Å². The van der Waals surface area contributed by atoms with Crippen molar-refractivity contribution < 1.29 is 46.5 Å². The summed E-state index contributed by atoms with van der Waals surface area (Å²) in [4.78, 5) is 28.5. The molecule has 0 spiro atoms. The van der Waals surface area contributed by atoms with Gasteiger partial charge in [-0.3, -0.25) is 9.69 Å². The van der Waals surface area contributed by atoms with Crippen LogP contribution in [0.2, 0.25) is 0 Å². The lowest BCUT2D eigenvalue weighted by molar-refractivity contribution is -0.138. The topological polar surface area (TPSA) is 88.5 Å². The Labute approximate surface area is 238 Å². The van der Waals surface area contributed by atoms with Gasteiger partial charge in [0, 0.05) is 37.3 Å². The molecule has 220 valence electrons. The minimum Gasteiger partial charge on any atom is -0.493 e. The number of rotatable bonds is 8. The van der Waals surface area contributed by atoms with E-state index in [0.29, 0.717) is 49.2 Å². The van der Waals surface area contributed by atoms with E-state index < -0.39 is 34.8 Å². The Hall–Kier alpha value is -4.42. The maximum absolute atomic E-state index is 14.2. The minimum absolute atomic E-state index is 0.0638. The highest BCUT2D eigenvalue weighted by atomic mass is 19.4. The molecule has 42 heavy (non-hydrogen) atoms. The summed E-state index contributed by atoms with van der Waals surface area (Å²) in [6.07, 6.45) is -3.32. The molecule has 0 atom stereocenters. The summed E-state index contributed by atoms with van der Waals surface area (Å²) in [6, 6.07) is 11.0. The van der Waals surface area contributed by atoms with Gasteiger partial charge in [-0.05, 0) is 60.2 Å². The van der Waals surface area contributed by atoms with Crippen LogP contribution in [0.1, 0.15) is 27.0 Å². The molecule has 0 aromatic heterocycles. The number of nitrogens with zero attached hydrogens (tertiary/aromatic N) is 2. The molecule has 0 radical (unpaired) electrons. The zero-order valence-electron chi connectivity index (χ0n) is 22.4. The Morgan fingerprint density at radius 1 is 1.00 bits per heavy atom. The number of anilines is 1. The first-order chi connectivity index (χ1) is 20.0. The fraction of sp³-hybridized carbons (Fsp3) is 0.267. The standard InChI is InChI=1S/C30H26F4N2O6/c1-40-27-15-18(2-6-26(27)42-25-7-3-19(29(38)39)16-23(25)30(32,33)34)14-22-21-17-20(31)4-5-24(21)36(28(22)37)9-8-35-10-12-41-13-11-35/h2-7,14-17H,8-13H2,1H3,(H,38,39). The zero-order valence-corrected chi connectivity index (χ0v) is 22.4. The van der Waals surface area contributed by atoms with Crippen molar-refractivity contribution in [2.24, 2.45) is 0 Å². The summed E-state index contributed by atoms with van der Waals surface area (Å²) >= 11 is 0. The number of hydrogen-bond donors (Lipinski definition) is 1. The summed E-state index contributed by atoms with van der Waals surface area (Å²) in [6.45, 7) is 3.76. The predicted octanol–water partition coefficient (Wildman–Crippen LogP) is 5.56. The third-order valence-electron chi connectivity index (χ3n) is 7.01. The molecule has 3 aromatic carbocycles. The Kier molecular flexibility index (Phi) is 8.19. The van der Waals surface area contributed by atoms with Crippen LogP contribution in [0.3, 0.4) is 0 Å². The van der Waals surface area contributed by atoms with Crippen LogP contribution in [0.5, 0.6) is 17.2 Å². The van der Waals surface area contributed by atoms with Gasteiger partial charge in [0.15, 0.2) is 11.5 Å². The second-order valence-corrected chi connectivity index (χ2v) is 9.66. The Balaban J connectivity index is 1.44. The van der Waals surface area contributed by atoms with E-state index in [9.17, 15) is 27.2 Å². The van der Waals surface area contributed by atoms with Crippen molar-refractivity contribution in [1.82, 2.24) is 4.90 Å². The van der Waals surface area contributed by atoms with Gasteiger partial charge in [-0.2, -0.15) is 13.2 Å². The Morgan fingerprint density at radius 2 is 1.74 bits per heavy atom. The summed E-state index contributed by atoms with van der Waals surface area (Å²) in [7, 11) is 1.30. The average Bonchev–Trinajstić information content (AvgIpc) is 3.21. The van der Waals surface area contributed by atoms with Gasteiger partial charge >= 0.3 is 12.1 Å². The van der Waals surface area contributed by atoms with Gasteiger partial charge in [-0.15, -0.1) is 0 Å². The fourth-order valence-corrected chi connectivity index (χ4v) is 4.87. The van der Waals surface area contributed by atoms with Crippen molar-refractivity contribution in [3.05, 3.63) is 82.7 Å². The number of hydrogen-bond acceptors (Lipinski definition) is 6. The lowest BCUT2D eigenvalue weighted by atomic mass is 10.0. The first-order valence-electron chi connectivity index (χ1n) is 13.0. The molecule has 5 rings (SSSR count). The van der Waals surface area contributed by atoms with E-state index in [-0.39, 0.29) is 23.0 Å². The second-order valence-electron chi connectivity index (χ2n) is 9.66. The number of halogens is 4. The number of carboxylic acid groups (broad SMARTS) is 1. The first-order valence-corrected chi connectivity index (χ1v) is 13.0. The van der Waals surface area contributed by atoms with Crippen LogP contribution >= 0.6 is 0 Å². The fourth-order valence-electron chi connectivity index (χ4n) is 4.87. The SMILES string of the molecule is COc1cc(C=C2C(=O)N(CCN3CCOCC3)c3ccc(F)cc32)ccc1Oc1ccc(C(=O)O)cc1C(F)(F)F. The molecular formula is C30H26F4N2O6. The van der Waals surface area contributed by atoms with Crippen LogP contribution < -0.4 is 14.4 Å². The number of alkyl halides is 3. The third-order valence-corrected chi connectivity index (χ3v) is 7.01. The molecule has 1 amide bonds. The molecule has 2 heterocycles. The second kappa shape index (κ2) is 11.8. The number of morpholine rings is 1. The average molecular weight is 587 g/mol. The number of methoxy groups -OCH3 is 1. The number of carbonyl (C=O) groups excluding carboxylic acids is 1. The Bertz CT molecular complexity index is 1550. The molecular weight excluding hydrogens is 560 g/mol. The van der Waals surface area contributed by atoms with E-state index in [1.165, 1.54) is 37.4 Å². The van der Waals surface area contributed by atoms with Crippen molar-refractivity contribution in [2.75, 3.05) is 51.4 Å². The molecule has 1 fully saturated rings. The van der Waals surface area contributed by atoms with Gasteiger partial charge in [-0.25, -0.2) is 9.18 Å². The highest BCUT2D eigenvalue weighted by Crippen LogP contribution is 2.42. The number of amides is 1. The molecule has 0 unspecified atom stereocenters. The van der Waals surface area contributed by atoms with Crippen molar-refractivity contribution >= 4 is 29.2 Å². The third kappa shape index (κ3) is 6.09. The summed E-state index contributed by atoms with van der Waals surface area (Å²) < 4.78 is 71.5. The molecule has 1 N–H and O–H groups in total. The number of ether oxygens (including phenoxy) is 3. The van der Waals surface area contributed by atoms with Gasteiger partial charge in [0.2, 0.25) is 0 Å². The minimum atomic E-state index is -4.88. The van der Waals surface area contributed by atoms with E-state index in [2.05, 4.69) is 4.90 Å². The van der Waals surface area contributed by atoms with Gasteiger partial charge < -0.3 is 24.2 Å². The van der Waals surface area contributed by atoms with Crippen LogP contribution in [0.25, 0.3) is 11.6 Å². The predicted molar refractivity (Wildman–Crippen MR) is 145 cm³/mol. The van der Waals surface area contributed by atoms with E-state index in [4.69, 9.17) is 19.3 Å². The molecule has 0 saturated carbocycles. The highest BCUT2D eigenvalue weighted by molar-refractivity contribution is 6.35. The lowest BCUT2D eigenvalue weighted by Crippen LogP contribution is -2.42. The molecule has 3 aromatic rings. The van der Waals surface area contributed by atoms with E-state index in [1.54, 1.807) is 17.0 Å². The lowest BCUT2D eigenvalue weighted by Gasteiger charge is -2.28. The number of carbonyl (C=O) groups is 2. The maximum Gasteiger partial charge on any atom is 0.420 e. The van der Waals surface area contributed by atoms with Crippen molar-refractivity contribution in [2.45, 2.75) is 6.18 Å². The van der Waals surface area contributed by atoms with Crippen LogP contribution in [0.4, 0.5) is 23.2 Å². The van der Waals surface area contributed by atoms with Crippen LogP contribution in [0, 0.1) is 5.82 Å². The van der Waals surface area contributed by atoms with Crippen molar-refractivity contribution in [3.63, 3.8) is 0 Å². The largest absolute Gasteiger partial charge is 0.493 e. The van der Waals surface area contributed by atoms with Crippen LogP contribution in [-0.2, 0) is 15.7 Å². The zero-order chi connectivity index (χ0) is 30.0. The smallest absolute Gasteiger partial charge is 0.420 e. The molecule has 0 bridgehead atoms. The van der Waals surface area contributed by atoms with Gasteiger partial charge in [0.05, 0.1) is 37.1 Å². The maximum atomic E-state index is 14.2. The number of fused-ring (bicyclic) bond motifs is 1. The molecule has 8 nitrogen and oxygen atoms in total. The quantitative estimate of drug-likeness (QED) is 0.273. The summed E-state index contributed by atoms with van der Waals surface area (Å²) in [5, 5.41) is 9.10. The van der Waals surface area contributed by atoms with Crippen molar-refractivity contribution in [1.29, 1.82) is 0 Å². The Morgan fingerprint density at radius 3 is 2.43 bits per heavy atom. The number of benzene rings is 3. The first kappa shape index (κ1) is 29.1. The van der Waals surface area contributed by atoms with Gasteiger partial charge in [0.1, 0.15) is 11.6 Å². The summed E-state index contributed by atoms with van der Waals surface area (Å²) in [5.41, 5.74) is -0.0774. The van der Waals surface area contributed by atoms with Gasteiger partial charge in [0.25, 0.3) is 5.91 Å². The molecule has 12 heteroatoms. The number of carboxylic acids is 1. The van der Waals surface area contributed by atoms with E-state index >= 15 is 0 Å². The monoisotopic (exact) mass is 586 g/mol. The normalized spacial score (nSPS) is 16.5. The van der Waals surface area contributed by atoms with Crippen LogP contribution in [-0.4, -0.2) is 68.4 Å². The number of aromatic carboxylic acids is 1. The van der Waals surface area contributed by atoms with Gasteiger partial charge in [-0.1, -0.05) is 6.07 Å². The summed E-state index contributed by atoms with van der Waals surface area (Å²) in [5.74, 6) is -2.93. The van der Waals surface area contributed by atoms with E-state index in [1.807, 2.05) is 0 Å². The van der Waals surface area contributed by atoms with Crippen LogP contribution in [0.15, 0.2) is 54.6 Å². The molecule has 1 saturated heterocycles. The molecule has 0 aliphatic carbocycles.